The summed E-state index contributed by atoms with van der Waals surface area (Å²) in [4.78, 5) is 12.4. The molecule has 0 aromatic heterocycles. The van der Waals surface area contributed by atoms with Crippen LogP contribution in [0, 0.1) is 0 Å². The molecule has 0 spiro atoms. The number of hydrogen-bond acceptors (Lipinski definition) is 4. The average molecular weight is 291 g/mol. The second kappa shape index (κ2) is 5.75. The van der Waals surface area contributed by atoms with Crippen molar-refractivity contribution in [1.82, 2.24) is 5.32 Å². The van der Waals surface area contributed by atoms with E-state index in [1.807, 2.05) is 18.2 Å². The van der Waals surface area contributed by atoms with Crippen LogP contribution in [-0.2, 0) is 9.47 Å². The number of carbonyl (C=O) groups excluding carboxylic acids is 1. The molecule has 5 nitrogen and oxygen atoms in total. The van der Waals surface area contributed by atoms with Crippen LogP contribution >= 0.6 is 0 Å². The first-order valence-corrected chi connectivity index (χ1v) is 7.38. The maximum Gasteiger partial charge on any atom is 0.251 e. The van der Waals surface area contributed by atoms with Gasteiger partial charge in [0.1, 0.15) is 18.3 Å². The summed E-state index contributed by atoms with van der Waals surface area (Å²) in [5.41, 5.74) is 1.78. The van der Waals surface area contributed by atoms with Crippen LogP contribution in [0.15, 0.2) is 24.3 Å². The first-order chi connectivity index (χ1) is 10.1. The monoisotopic (exact) mass is 291 g/mol. The number of carbonyl (C=O) groups is 1. The molecule has 2 aliphatic rings. The Labute approximate surface area is 124 Å². The van der Waals surface area contributed by atoms with Gasteiger partial charge in [-0.3, -0.25) is 4.79 Å². The maximum absolute atomic E-state index is 12.4. The van der Waals surface area contributed by atoms with E-state index >= 15 is 0 Å². The van der Waals surface area contributed by atoms with Crippen molar-refractivity contribution < 1.29 is 19.4 Å². The van der Waals surface area contributed by atoms with Crippen LogP contribution in [0.3, 0.4) is 0 Å². The summed E-state index contributed by atoms with van der Waals surface area (Å²) in [6, 6.07) is 7.43. The van der Waals surface area contributed by atoms with Gasteiger partial charge in [0.05, 0.1) is 19.3 Å². The number of ether oxygens (including phenoxy) is 2. The van der Waals surface area contributed by atoms with Crippen LogP contribution in [0.2, 0.25) is 0 Å². The predicted molar refractivity (Wildman–Crippen MR) is 77.3 cm³/mol. The molecule has 0 radical (unpaired) electrons. The number of aliphatic hydroxyl groups excluding tert-OH is 1. The van der Waals surface area contributed by atoms with Crippen molar-refractivity contribution >= 4 is 5.91 Å². The third kappa shape index (κ3) is 2.81. The normalized spacial score (nSPS) is 31.4. The standard InChI is InChI=1S/C16H21NO4/c1-9(2)10-4-3-5-11(6-10)16(19)17-12-7-20-15-13(18)8-21-14(12)15/h3-6,9,12-15,18H,7-8H2,1-2H3,(H,17,19)/t12-,13-,14-,15-/m1/s1. The van der Waals surface area contributed by atoms with Gasteiger partial charge in [0.15, 0.2) is 0 Å². The molecule has 2 fully saturated rings. The Balaban J connectivity index is 1.68. The second-order valence-electron chi connectivity index (χ2n) is 6.02. The van der Waals surface area contributed by atoms with Crippen LogP contribution in [0.25, 0.3) is 0 Å². The number of rotatable bonds is 3. The van der Waals surface area contributed by atoms with E-state index in [0.717, 1.165) is 5.56 Å². The number of amides is 1. The van der Waals surface area contributed by atoms with E-state index in [9.17, 15) is 9.90 Å². The molecule has 1 aromatic rings. The Kier molecular flexibility index (Phi) is 3.97. The summed E-state index contributed by atoms with van der Waals surface area (Å²) in [6.07, 6.45) is -1.17. The van der Waals surface area contributed by atoms with E-state index in [1.165, 1.54) is 0 Å². The average Bonchev–Trinajstić information content (AvgIpc) is 3.03. The van der Waals surface area contributed by atoms with Crippen LogP contribution < -0.4 is 5.32 Å². The summed E-state index contributed by atoms with van der Waals surface area (Å²) in [7, 11) is 0. The molecule has 1 aromatic carbocycles. The molecule has 0 bridgehead atoms. The smallest absolute Gasteiger partial charge is 0.251 e. The molecule has 5 heteroatoms. The van der Waals surface area contributed by atoms with Crippen molar-refractivity contribution in [1.29, 1.82) is 0 Å². The highest BCUT2D eigenvalue weighted by Crippen LogP contribution is 2.27. The third-order valence-corrected chi connectivity index (χ3v) is 4.16. The SMILES string of the molecule is CC(C)c1cccc(C(=O)N[C@@H]2CO[C@H]3[C@@H]2OC[C@H]3O)c1. The van der Waals surface area contributed by atoms with Gasteiger partial charge in [0, 0.05) is 5.56 Å². The van der Waals surface area contributed by atoms with Gasteiger partial charge in [-0.05, 0) is 23.6 Å². The minimum atomic E-state index is -0.596. The zero-order valence-corrected chi connectivity index (χ0v) is 12.3. The van der Waals surface area contributed by atoms with E-state index < -0.39 is 6.10 Å². The molecule has 4 atom stereocenters. The summed E-state index contributed by atoms with van der Waals surface area (Å²) in [5, 5.41) is 12.7. The molecule has 2 saturated heterocycles. The predicted octanol–water partition coefficient (Wildman–Crippen LogP) is 1.07. The molecule has 114 valence electrons. The van der Waals surface area contributed by atoms with Gasteiger partial charge in [0.2, 0.25) is 0 Å². The Morgan fingerprint density at radius 3 is 2.81 bits per heavy atom. The highest BCUT2D eigenvalue weighted by atomic mass is 16.6. The molecule has 0 unspecified atom stereocenters. The molecule has 2 aliphatic heterocycles. The van der Waals surface area contributed by atoms with Gasteiger partial charge in [-0.1, -0.05) is 26.0 Å². The lowest BCUT2D eigenvalue weighted by molar-refractivity contribution is 0.0178. The van der Waals surface area contributed by atoms with Gasteiger partial charge < -0.3 is 19.9 Å². The zero-order chi connectivity index (χ0) is 15.0. The number of nitrogens with one attached hydrogen (secondary N) is 1. The van der Waals surface area contributed by atoms with Gasteiger partial charge in [-0.15, -0.1) is 0 Å². The fourth-order valence-corrected chi connectivity index (χ4v) is 2.89. The molecule has 21 heavy (non-hydrogen) atoms. The number of benzene rings is 1. The van der Waals surface area contributed by atoms with Crippen LogP contribution in [-0.4, -0.2) is 48.6 Å². The highest BCUT2D eigenvalue weighted by molar-refractivity contribution is 5.94. The Morgan fingerprint density at radius 2 is 2.05 bits per heavy atom. The lowest BCUT2D eigenvalue weighted by atomic mass is 10.0. The van der Waals surface area contributed by atoms with Gasteiger partial charge in [0.25, 0.3) is 5.91 Å². The zero-order valence-electron chi connectivity index (χ0n) is 12.3. The lowest BCUT2D eigenvalue weighted by Crippen LogP contribution is -2.44. The molecular weight excluding hydrogens is 270 g/mol. The molecule has 3 rings (SSSR count). The fraction of sp³-hybridized carbons (Fsp3) is 0.562. The van der Waals surface area contributed by atoms with E-state index in [4.69, 9.17) is 9.47 Å². The third-order valence-electron chi connectivity index (χ3n) is 4.16. The minimum Gasteiger partial charge on any atom is -0.388 e. The summed E-state index contributed by atoms with van der Waals surface area (Å²) >= 11 is 0. The summed E-state index contributed by atoms with van der Waals surface area (Å²) < 4.78 is 11.0. The van der Waals surface area contributed by atoms with Crippen LogP contribution in [0.4, 0.5) is 0 Å². The molecular formula is C16H21NO4. The van der Waals surface area contributed by atoms with E-state index in [1.54, 1.807) is 6.07 Å². The first kappa shape index (κ1) is 14.5. The Bertz CT molecular complexity index is 531. The lowest BCUT2D eigenvalue weighted by Gasteiger charge is -2.17. The molecule has 0 aliphatic carbocycles. The van der Waals surface area contributed by atoms with Crippen molar-refractivity contribution in [2.24, 2.45) is 0 Å². The van der Waals surface area contributed by atoms with Crippen LogP contribution in [0.1, 0.15) is 35.7 Å². The van der Waals surface area contributed by atoms with E-state index in [0.29, 0.717) is 18.1 Å². The highest BCUT2D eigenvalue weighted by Gasteiger charge is 2.47. The van der Waals surface area contributed by atoms with E-state index in [2.05, 4.69) is 19.2 Å². The largest absolute Gasteiger partial charge is 0.388 e. The molecule has 2 heterocycles. The van der Waals surface area contributed by atoms with E-state index in [-0.39, 0.29) is 30.8 Å². The summed E-state index contributed by atoms with van der Waals surface area (Å²) in [6.45, 7) is 4.84. The van der Waals surface area contributed by atoms with Gasteiger partial charge >= 0.3 is 0 Å². The van der Waals surface area contributed by atoms with Crippen LogP contribution in [0.5, 0.6) is 0 Å². The van der Waals surface area contributed by atoms with Gasteiger partial charge in [-0.25, -0.2) is 0 Å². The van der Waals surface area contributed by atoms with Crippen molar-refractivity contribution in [3.8, 4) is 0 Å². The number of hydrogen-bond donors (Lipinski definition) is 2. The number of aliphatic hydroxyl groups is 1. The topological polar surface area (TPSA) is 67.8 Å². The quantitative estimate of drug-likeness (QED) is 0.874. The Hall–Kier alpha value is -1.43. The Morgan fingerprint density at radius 1 is 1.29 bits per heavy atom. The van der Waals surface area contributed by atoms with Crippen molar-refractivity contribution in [3.05, 3.63) is 35.4 Å². The first-order valence-electron chi connectivity index (χ1n) is 7.38. The number of fused-ring (bicyclic) bond motifs is 1. The molecule has 1 amide bonds. The summed E-state index contributed by atoms with van der Waals surface area (Å²) in [5.74, 6) is 0.252. The van der Waals surface area contributed by atoms with Crippen molar-refractivity contribution in [2.45, 2.75) is 44.1 Å². The fourth-order valence-electron chi connectivity index (χ4n) is 2.89. The molecule has 2 N–H and O–H groups in total. The van der Waals surface area contributed by atoms with Gasteiger partial charge in [-0.2, -0.15) is 0 Å². The van der Waals surface area contributed by atoms with Crippen molar-refractivity contribution in [2.75, 3.05) is 13.2 Å². The maximum atomic E-state index is 12.4. The molecule has 0 saturated carbocycles. The second-order valence-corrected chi connectivity index (χ2v) is 6.02. The van der Waals surface area contributed by atoms with Crippen molar-refractivity contribution in [3.63, 3.8) is 0 Å². The minimum absolute atomic E-state index is 0.128.